The first-order valence-electron chi connectivity index (χ1n) is 2.24. The number of hydrogen-bond acceptors (Lipinski definition) is 3. The Morgan fingerprint density at radius 3 is 2.50 bits per heavy atom. The summed E-state index contributed by atoms with van der Waals surface area (Å²) < 4.78 is 0. The molecule has 0 amide bonds. The van der Waals surface area contributed by atoms with E-state index in [9.17, 15) is 4.79 Å². The molecular formula is C5H8O3. The number of aldehydes is 1. The van der Waals surface area contributed by atoms with E-state index < -0.39 is 6.29 Å². The molecule has 0 radical (unpaired) electrons. The van der Waals surface area contributed by atoms with Crippen molar-refractivity contribution in [3.05, 3.63) is 12.2 Å². The van der Waals surface area contributed by atoms with Crippen molar-refractivity contribution in [2.24, 2.45) is 0 Å². The second-order valence-corrected chi connectivity index (χ2v) is 1.28. The first-order chi connectivity index (χ1) is 3.77. The van der Waals surface area contributed by atoms with Crippen LogP contribution in [-0.4, -0.2) is 22.8 Å². The maximum Gasteiger partial charge on any atom is 0.154 e. The van der Waals surface area contributed by atoms with Crippen LogP contribution >= 0.6 is 0 Å². The molecule has 8 heavy (non-hydrogen) atoms. The maximum atomic E-state index is 9.54. The molecule has 0 aromatic heterocycles. The average molecular weight is 116 g/mol. The van der Waals surface area contributed by atoms with Crippen LogP contribution in [0.4, 0.5) is 0 Å². The van der Waals surface area contributed by atoms with Crippen molar-refractivity contribution >= 4 is 6.29 Å². The van der Waals surface area contributed by atoms with Crippen molar-refractivity contribution in [3.8, 4) is 0 Å². The summed E-state index contributed by atoms with van der Waals surface area (Å²) in [4.78, 5) is 9.54. The van der Waals surface area contributed by atoms with Crippen LogP contribution in [0.3, 0.4) is 0 Å². The average Bonchev–Trinajstić information content (AvgIpc) is 1.66. The van der Waals surface area contributed by atoms with Crippen LogP contribution in [0.5, 0.6) is 0 Å². The van der Waals surface area contributed by atoms with Gasteiger partial charge in [0.2, 0.25) is 0 Å². The van der Waals surface area contributed by atoms with Crippen LogP contribution < -0.4 is 0 Å². The molecule has 46 valence electrons. The molecule has 0 atom stereocenters. The molecule has 0 aliphatic rings. The Morgan fingerprint density at radius 2 is 2.12 bits per heavy atom. The molecule has 0 aromatic rings. The highest BCUT2D eigenvalue weighted by molar-refractivity contribution is 5.64. The van der Waals surface area contributed by atoms with E-state index in [1.807, 2.05) is 0 Å². The van der Waals surface area contributed by atoms with Gasteiger partial charge in [-0.05, 0) is 6.08 Å². The third kappa shape index (κ3) is 5.33. The summed E-state index contributed by atoms with van der Waals surface area (Å²) in [6.45, 7) is 0. The van der Waals surface area contributed by atoms with Crippen LogP contribution in [0, 0.1) is 0 Å². The number of hydrogen-bond donors (Lipinski definition) is 2. The second kappa shape index (κ2) is 4.49. The fourth-order valence-electron chi connectivity index (χ4n) is 0.256. The minimum absolute atomic E-state index is 0.110. The van der Waals surface area contributed by atoms with E-state index in [0.29, 0.717) is 6.29 Å². The highest BCUT2D eigenvalue weighted by Gasteiger charge is 1.88. The SMILES string of the molecule is O=C/C=C/CC(O)O. The van der Waals surface area contributed by atoms with Gasteiger partial charge in [-0.15, -0.1) is 0 Å². The molecular weight excluding hydrogens is 108 g/mol. The van der Waals surface area contributed by atoms with E-state index in [-0.39, 0.29) is 6.42 Å². The smallest absolute Gasteiger partial charge is 0.154 e. The Bertz CT molecular complexity index is 85.7. The van der Waals surface area contributed by atoms with Crippen molar-refractivity contribution in [1.29, 1.82) is 0 Å². The molecule has 3 nitrogen and oxygen atoms in total. The van der Waals surface area contributed by atoms with Gasteiger partial charge in [-0.3, -0.25) is 4.79 Å². The van der Waals surface area contributed by atoms with E-state index in [0.717, 1.165) is 0 Å². The molecule has 0 bridgehead atoms. The lowest BCUT2D eigenvalue weighted by Crippen LogP contribution is -2.00. The third-order valence-corrected chi connectivity index (χ3v) is 0.562. The van der Waals surface area contributed by atoms with Gasteiger partial charge in [0.15, 0.2) is 6.29 Å². The number of allylic oxidation sites excluding steroid dienone is 1. The van der Waals surface area contributed by atoms with Gasteiger partial charge in [0, 0.05) is 6.42 Å². The number of aliphatic hydroxyl groups excluding tert-OH is 1. The highest BCUT2D eigenvalue weighted by Crippen LogP contribution is 1.85. The van der Waals surface area contributed by atoms with Gasteiger partial charge in [0.25, 0.3) is 0 Å². The first-order valence-corrected chi connectivity index (χ1v) is 2.24. The lowest BCUT2D eigenvalue weighted by molar-refractivity contribution is -0.104. The van der Waals surface area contributed by atoms with E-state index in [1.165, 1.54) is 12.2 Å². The van der Waals surface area contributed by atoms with Gasteiger partial charge in [0.1, 0.15) is 6.29 Å². The fourth-order valence-corrected chi connectivity index (χ4v) is 0.256. The zero-order valence-electron chi connectivity index (χ0n) is 4.32. The quantitative estimate of drug-likeness (QED) is 0.295. The predicted molar refractivity (Wildman–Crippen MR) is 28.0 cm³/mol. The molecule has 3 heteroatoms. The van der Waals surface area contributed by atoms with E-state index in [1.54, 1.807) is 0 Å². The normalized spacial score (nSPS) is 10.9. The molecule has 0 unspecified atom stereocenters. The first kappa shape index (κ1) is 7.33. The predicted octanol–water partition coefficient (Wildman–Crippen LogP) is -0.558. The minimum Gasteiger partial charge on any atom is -0.368 e. The zero-order valence-corrected chi connectivity index (χ0v) is 4.32. The minimum atomic E-state index is -1.34. The molecule has 0 heterocycles. The van der Waals surface area contributed by atoms with Crippen molar-refractivity contribution in [3.63, 3.8) is 0 Å². The van der Waals surface area contributed by atoms with Crippen LogP contribution in [-0.2, 0) is 4.79 Å². The Hall–Kier alpha value is -0.670. The molecule has 0 saturated heterocycles. The monoisotopic (exact) mass is 116 g/mol. The largest absolute Gasteiger partial charge is 0.368 e. The van der Waals surface area contributed by atoms with Crippen LogP contribution in [0.25, 0.3) is 0 Å². The van der Waals surface area contributed by atoms with Crippen molar-refractivity contribution in [2.75, 3.05) is 0 Å². The van der Waals surface area contributed by atoms with E-state index in [4.69, 9.17) is 10.2 Å². The van der Waals surface area contributed by atoms with Crippen molar-refractivity contribution in [2.45, 2.75) is 12.7 Å². The number of rotatable bonds is 3. The summed E-state index contributed by atoms with van der Waals surface area (Å²) in [5, 5.41) is 16.3. The lowest BCUT2D eigenvalue weighted by Gasteiger charge is -1.92. The standard InChI is InChI=1S/C5H8O3/c6-4-2-1-3-5(7)8/h1-2,4-5,7-8H,3H2/b2-1+. The molecule has 0 aliphatic heterocycles. The molecule has 0 fully saturated rings. The van der Waals surface area contributed by atoms with Crippen molar-refractivity contribution < 1.29 is 15.0 Å². The maximum absolute atomic E-state index is 9.54. The number of aliphatic hydroxyl groups is 2. The number of carbonyl (C=O) groups is 1. The highest BCUT2D eigenvalue weighted by atomic mass is 16.5. The molecule has 0 saturated carbocycles. The summed E-state index contributed by atoms with van der Waals surface area (Å²) in [6.07, 6.45) is 1.96. The van der Waals surface area contributed by atoms with Crippen LogP contribution in [0.2, 0.25) is 0 Å². The fraction of sp³-hybridized carbons (Fsp3) is 0.400. The second-order valence-electron chi connectivity index (χ2n) is 1.28. The molecule has 0 aliphatic carbocycles. The topological polar surface area (TPSA) is 57.5 Å². The summed E-state index contributed by atoms with van der Waals surface area (Å²) in [5.41, 5.74) is 0. The summed E-state index contributed by atoms with van der Waals surface area (Å²) >= 11 is 0. The van der Waals surface area contributed by atoms with E-state index >= 15 is 0 Å². The third-order valence-electron chi connectivity index (χ3n) is 0.562. The van der Waals surface area contributed by atoms with E-state index in [2.05, 4.69) is 0 Å². The molecule has 2 N–H and O–H groups in total. The van der Waals surface area contributed by atoms with Gasteiger partial charge in [-0.2, -0.15) is 0 Å². The van der Waals surface area contributed by atoms with Gasteiger partial charge in [-0.25, -0.2) is 0 Å². The van der Waals surface area contributed by atoms with Gasteiger partial charge >= 0.3 is 0 Å². The van der Waals surface area contributed by atoms with Crippen molar-refractivity contribution in [1.82, 2.24) is 0 Å². The zero-order chi connectivity index (χ0) is 6.41. The summed E-state index contributed by atoms with van der Waals surface area (Å²) in [5.74, 6) is 0. The Kier molecular flexibility index (Phi) is 4.11. The molecule has 0 spiro atoms. The Balaban J connectivity index is 3.15. The number of carbonyl (C=O) groups excluding carboxylic acids is 1. The summed E-state index contributed by atoms with van der Waals surface area (Å²) in [6, 6.07) is 0. The molecule has 0 aromatic carbocycles. The van der Waals surface area contributed by atoms with Gasteiger partial charge in [0.05, 0.1) is 0 Å². The summed E-state index contributed by atoms with van der Waals surface area (Å²) in [7, 11) is 0. The van der Waals surface area contributed by atoms with Crippen LogP contribution in [0.15, 0.2) is 12.2 Å². The van der Waals surface area contributed by atoms with Crippen LogP contribution in [0.1, 0.15) is 6.42 Å². The Labute approximate surface area is 47.3 Å². The lowest BCUT2D eigenvalue weighted by atomic mass is 10.4. The van der Waals surface area contributed by atoms with Gasteiger partial charge in [-0.1, -0.05) is 6.08 Å². The molecule has 0 rings (SSSR count). The van der Waals surface area contributed by atoms with Gasteiger partial charge < -0.3 is 10.2 Å². The Morgan fingerprint density at radius 1 is 1.50 bits per heavy atom.